The SMILES string of the molecule is C=Cc1c(/C=C\CC)c(-c2cccc3ccccc23)c2c(C)cccc2c1-c1ccccn1. The van der Waals surface area contributed by atoms with Gasteiger partial charge in [0.25, 0.3) is 0 Å². The van der Waals surface area contributed by atoms with Crippen molar-refractivity contribution in [1.82, 2.24) is 4.98 Å². The largest absolute Gasteiger partial charge is 0.256 e. The molecular weight excluding hydrogens is 398 g/mol. The lowest BCUT2D eigenvalue weighted by Crippen LogP contribution is -1.99. The maximum atomic E-state index is 4.74. The van der Waals surface area contributed by atoms with Crippen molar-refractivity contribution >= 4 is 33.7 Å². The Hall–Kier alpha value is -3.97. The maximum absolute atomic E-state index is 4.74. The van der Waals surface area contributed by atoms with E-state index in [1.54, 1.807) is 0 Å². The lowest BCUT2D eigenvalue weighted by atomic mass is 9.82. The molecule has 160 valence electrons. The summed E-state index contributed by atoms with van der Waals surface area (Å²) in [5.74, 6) is 0. The van der Waals surface area contributed by atoms with E-state index >= 15 is 0 Å². The highest BCUT2D eigenvalue weighted by Crippen LogP contribution is 2.45. The Morgan fingerprint density at radius 3 is 2.33 bits per heavy atom. The molecule has 0 bridgehead atoms. The number of benzene rings is 4. The molecule has 0 amide bonds. The zero-order valence-electron chi connectivity index (χ0n) is 19.2. The van der Waals surface area contributed by atoms with Crippen LogP contribution in [-0.2, 0) is 0 Å². The molecule has 5 aromatic rings. The van der Waals surface area contributed by atoms with E-state index in [1.807, 2.05) is 18.3 Å². The van der Waals surface area contributed by atoms with Crippen LogP contribution >= 0.6 is 0 Å². The van der Waals surface area contributed by atoms with Crippen molar-refractivity contribution in [2.45, 2.75) is 20.3 Å². The summed E-state index contributed by atoms with van der Waals surface area (Å²) in [5.41, 5.74) is 8.21. The molecule has 0 atom stereocenters. The fraction of sp³-hybridized carbons (Fsp3) is 0.0938. The van der Waals surface area contributed by atoms with Crippen molar-refractivity contribution in [3.05, 3.63) is 114 Å². The number of aryl methyl sites for hydroxylation is 1. The molecule has 0 aliphatic rings. The van der Waals surface area contributed by atoms with Crippen LogP contribution in [0.15, 0.2) is 97.7 Å². The Kier molecular flexibility index (Phi) is 5.62. The molecular formula is C32H27N. The maximum Gasteiger partial charge on any atom is 0.0714 e. The second kappa shape index (κ2) is 8.88. The molecule has 1 aromatic heterocycles. The van der Waals surface area contributed by atoms with Gasteiger partial charge in [-0.15, -0.1) is 0 Å². The minimum atomic E-state index is 0.969. The first-order valence-corrected chi connectivity index (χ1v) is 11.5. The van der Waals surface area contributed by atoms with Crippen molar-refractivity contribution in [3.8, 4) is 22.4 Å². The first-order chi connectivity index (χ1) is 16.2. The minimum absolute atomic E-state index is 0.969. The molecule has 0 saturated carbocycles. The van der Waals surface area contributed by atoms with Crippen LogP contribution in [0.5, 0.6) is 0 Å². The summed E-state index contributed by atoms with van der Waals surface area (Å²) >= 11 is 0. The number of rotatable bonds is 5. The summed E-state index contributed by atoms with van der Waals surface area (Å²) < 4.78 is 0. The first kappa shape index (κ1) is 20.9. The van der Waals surface area contributed by atoms with Gasteiger partial charge in [-0.25, -0.2) is 0 Å². The number of nitrogens with zero attached hydrogens (tertiary/aromatic N) is 1. The third-order valence-corrected chi connectivity index (χ3v) is 6.33. The van der Waals surface area contributed by atoms with Gasteiger partial charge in [-0.05, 0) is 74.8 Å². The van der Waals surface area contributed by atoms with Crippen LogP contribution < -0.4 is 0 Å². The highest BCUT2D eigenvalue weighted by Gasteiger charge is 2.21. The van der Waals surface area contributed by atoms with E-state index < -0.39 is 0 Å². The number of hydrogen-bond donors (Lipinski definition) is 0. The summed E-state index contributed by atoms with van der Waals surface area (Å²) in [7, 11) is 0. The van der Waals surface area contributed by atoms with E-state index in [4.69, 9.17) is 4.98 Å². The Morgan fingerprint density at radius 2 is 1.55 bits per heavy atom. The van der Waals surface area contributed by atoms with Crippen LogP contribution in [0.1, 0.15) is 30.0 Å². The van der Waals surface area contributed by atoms with E-state index in [0.29, 0.717) is 0 Å². The van der Waals surface area contributed by atoms with Gasteiger partial charge in [0.2, 0.25) is 0 Å². The summed E-state index contributed by atoms with van der Waals surface area (Å²) in [6.45, 7) is 8.63. The van der Waals surface area contributed by atoms with Gasteiger partial charge in [-0.1, -0.05) is 98.5 Å². The Morgan fingerprint density at radius 1 is 0.788 bits per heavy atom. The zero-order chi connectivity index (χ0) is 22.8. The Bertz CT molecular complexity index is 1500. The molecule has 4 aromatic carbocycles. The molecule has 1 heterocycles. The third-order valence-electron chi connectivity index (χ3n) is 6.33. The molecule has 1 nitrogen and oxygen atoms in total. The van der Waals surface area contributed by atoms with E-state index in [1.165, 1.54) is 43.8 Å². The molecule has 0 saturated heterocycles. The number of pyridine rings is 1. The smallest absolute Gasteiger partial charge is 0.0714 e. The van der Waals surface area contributed by atoms with Crippen molar-refractivity contribution in [3.63, 3.8) is 0 Å². The zero-order valence-corrected chi connectivity index (χ0v) is 19.2. The van der Waals surface area contributed by atoms with E-state index in [9.17, 15) is 0 Å². The van der Waals surface area contributed by atoms with Gasteiger partial charge in [-0.3, -0.25) is 4.98 Å². The fourth-order valence-corrected chi connectivity index (χ4v) is 4.89. The standard InChI is InChI=1S/C32H27N/c1-4-6-16-26-24(5-2)31(29-20-9-10-21-33-29)28-19-11-13-22(3)30(28)32(26)27-18-12-15-23-14-7-8-17-25(23)27/h5-21H,2,4H2,1,3H3/b16-6-. The van der Waals surface area contributed by atoms with Crippen molar-refractivity contribution < 1.29 is 0 Å². The number of fused-ring (bicyclic) bond motifs is 2. The number of allylic oxidation sites excluding steroid dienone is 1. The van der Waals surface area contributed by atoms with Crippen LogP contribution in [0.2, 0.25) is 0 Å². The number of hydrogen-bond acceptors (Lipinski definition) is 1. The third kappa shape index (κ3) is 3.56. The highest BCUT2D eigenvalue weighted by atomic mass is 14.7. The summed E-state index contributed by atoms with van der Waals surface area (Å²) in [6, 6.07) is 27.9. The molecule has 0 fully saturated rings. The van der Waals surface area contributed by atoms with Gasteiger partial charge in [0.1, 0.15) is 0 Å². The van der Waals surface area contributed by atoms with Crippen molar-refractivity contribution in [2.75, 3.05) is 0 Å². The van der Waals surface area contributed by atoms with Gasteiger partial charge in [0.05, 0.1) is 5.69 Å². The van der Waals surface area contributed by atoms with Crippen LogP contribution in [0, 0.1) is 6.92 Å². The lowest BCUT2D eigenvalue weighted by molar-refractivity contribution is 1.23. The first-order valence-electron chi connectivity index (χ1n) is 11.5. The molecule has 0 aliphatic heterocycles. The van der Waals surface area contributed by atoms with Gasteiger partial charge < -0.3 is 0 Å². The van der Waals surface area contributed by atoms with Crippen LogP contribution in [-0.4, -0.2) is 4.98 Å². The minimum Gasteiger partial charge on any atom is -0.256 e. The lowest BCUT2D eigenvalue weighted by Gasteiger charge is -2.22. The second-order valence-corrected chi connectivity index (χ2v) is 8.33. The normalized spacial score (nSPS) is 11.5. The van der Waals surface area contributed by atoms with Gasteiger partial charge in [0.15, 0.2) is 0 Å². The molecule has 0 unspecified atom stereocenters. The van der Waals surface area contributed by atoms with Crippen molar-refractivity contribution in [2.24, 2.45) is 0 Å². The monoisotopic (exact) mass is 425 g/mol. The number of aromatic nitrogens is 1. The molecule has 5 rings (SSSR count). The van der Waals surface area contributed by atoms with E-state index in [-0.39, 0.29) is 0 Å². The molecule has 0 aliphatic carbocycles. The van der Waals surface area contributed by atoms with Crippen LogP contribution in [0.3, 0.4) is 0 Å². The second-order valence-electron chi connectivity index (χ2n) is 8.33. The van der Waals surface area contributed by atoms with Gasteiger partial charge in [0, 0.05) is 11.8 Å². The molecule has 1 heteroatoms. The Labute approximate surface area is 195 Å². The summed E-state index contributed by atoms with van der Waals surface area (Å²) in [4.78, 5) is 4.74. The highest BCUT2D eigenvalue weighted by molar-refractivity contribution is 6.15. The Balaban J connectivity index is 2.05. The predicted molar refractivity (Wildman–Crippen MR) is 144 cm³/mol. The van der Waals surface area contributed by atoms with Crippen LogP contribution in [0.4, 0.5) is 0 Å². The van der Waals surface area contributed by atoms with Crippen LogP contribution in [0.25, 0.3) is 56.1 Å². The quantitative estimate of drug-likeness (QED) is 0.273. The summed E-state index contributed by atoms with van der Waals surface area (Å²) in [5, 5.41) is 4.99. The fourth-order valence-electron chi connectivity index (χ4n) is 4.89. The molecule has 0 N–H and O–H groups in total. The van der Waals surface area contributed by atoms with Gasteiger partial charge >= 0.3 is 0 Å². The average Bonchev–Trinajstić information content (AvgIpc) is 2.87. The molecule has 33 heavy (non-hydrogen) atoms. The molecule has 0 radical (unpaired) electrons. The topological polar surface area (TPSA) is 12.9 Å². The van der Waals surface area contributed by atoms with Gasteiger partial charge in [-0.2, -0.15) is 0 Å². The predicted octanol–water partition coefficient (Wildman–Crippen LogP) is 9.10. The average molecular weight is 426 g/mol. The van der Waals surface area contributed by atoms with E-state index in [0.717, 1.165) is 23.2 Å². The summed E-state index contributed by atoms with van der Waals surface area (Å²) in [6.07, 6.45) is 9.34. The van der Waals surface area contributed by atoms with Crippen molar-refractivity contribution in [1.29, 1.82) is 0 Å². The van der Waals surface area contributed by atoms with E-state index in [2.05, 4.69) is 105 Å². The molecule has 0 spiro atoms.